The highest BCUT2D eigenvalue weighted by atomic mass is 32.2. The van der Waals surface area contributed by atoms with Crippen LogP contribution in [0.15, 0.2) is 35.2 Å². The molecule has 0 fully saturated rings. The Morgan fingerprint density at radius 2 is 2.17 bits per heavy atom. The summed E-state index contributed by atoms with van der Waals surface area (Å²) in [5, 5.41) is 6.56. The Bertz CT molecular complexity index is 513. The van der Waals surface area contributed by atoms with Gasteiger partial charge in [-0.15, -0.1) is 16.9 Å². The number of hydrogen-bond donors (Lipinski definition) is 1. The second-order valence-electron chi connectivity index (χ2n) is 3.43. The van der Waals surface area contributed by atoms with E-state index < -0.39 is 5.97 Å². The Labute approximate surface area is 109 Å². The first-order valence-electron chi connectivity index (χ1n) is 5.56. The minimum Gasteiger partial charge on any atom is -0.460 e. The van der Waals surface area contributed by atoms with Crippen molar-refractivity contribution in [3.05, 3.63) is 42.0 Å². The van der Waals surface area contributed by atoms with Gasteiger partial charge < -0.3 is 4.74 Å². The van der Waals surface area contributed by atoms with E-state index in [2.05, 4.69) is 15.2 Å². The number of aromatic nitrogens is 3. The van der Waals surface area contributed by atoms with Gasteiger partial charge in [-0.1, -0.05) is 18.2 Å². The van der Waals surface area contributed by atoms with E-state index in [1.165, 1.54) is 0 Å². The summed E-state index contributed by atoms with van der Waals surface area (Å²) in [5.41, 5.74) is 0. The molecular weight excluding hydrogens is 250 g/mol. The van der Waals surface area contributed by atoms with E-state index in [0.29, 0.717) is 18.2 Å². The topological polar surface area (TPSA) is 67.9 Å². The summed E-state index contributed by atoms with van der Waals surface area (Å²) in [4.78, 5) is 16.6. The van der Waals surface area contributed by atoms with Crippen LogP contribution < -0.4 is 0 Å². The maximum absolute atomic E-state index is 11.4. The molecule has 0 saturated heterocycles. The molecule has 1 N–H and O–H groups in total. The summed E-state index contributed by atoms with van der Waals surface area (Å²) in [6.07, 6.45) is 0. The number of carbonyl (C=O) groups is 1. The van der Waals surface area contributed by atoms with Crippen molar-refractivity contribution < 1.29 is 9.53 Å². The number of thioether (sulfide) groups is 1. The third kappa shape index (κ3) is 3.33. The van der Waals surface area contributed by atoms with Gasteiger partial charge in [0, 0.05) is 4.90 Å². The molecule has 0 aliphatic heterocycles. The molecule has 94 valence electrons. The van der Waals surface area contributed by atoms with Gasteiger partial charge in [0.05, 0.1) is 12.4 Å². The van der Waals surface area contributed by atoms with Gasteiger partial charge in [0.1, 0.15) is 5.82 Å². The molecule has 18 heavy (non-hydrogen) atoms. The van der Waals surface area contributed by atoms with Gasteiger partial charge in [-0.3, -0.25) is 5.10 Å². The predicted octanol–water partition coefficient (Wildman–Crippen LogP) is 2.27. The van der Waals surface area contributed by atoms with Gasteiger partial charge in [-0.25, -0.2) is 9.78 Å². The van der Waals surface area contributed by atoms with Crippen LogP contribution in [0.1, 0.15) is 23.4 Å². The zero-order valence-electron chi connectivity index (χ0n) is 9.92. The SMILES string of the molecule is CCOC(=O)c1n[nH]c(CSc2ccccc2)n1. The lowest BCUT2D eigenvalue weighted by molar-refractivity contribution is 0.0512. The normalized spacial score (nSPS) is 10.3. The fraction of sp³-hybridized carbons (Fsp3) is 0.250. The van der Waals surface area contributed by atoms with Crippen LogP contribution in [0, 0.1) is 0 Å². The fourth-order valence-electron chi connectivity index (χ4n) is 1.32. The highest BCUT2D eigenvalue weighted by Gasteiger charge is 2.13. The third-order valence-electron chi connectivity index (χ3n) is 2.11. The first-order valence-corrected chi connectivity index (χ1v) is 6.54. The molecule has 5 nitrogen and oxygen atoms in total. The summed E-state index contributed by atoms with van der Waals surface area (Å²) in [5.74, 6) is 0.883. The fourth-order valence-corrected chi connectivity index (χ4v) is 2.10. The number of hydrogen-bond acceptors (Lipinski definition) is 5. The van der Waals surface area contributed by atoms with Gasteiger partial charge in [-0.2, -0.15) is 0 Å². The largest absolute Gasteiger partial charge is 0.460 e. The number of nitrogens with zero attached hydrogens (tertiary/aromatic N) is 2. The Morgan fingerprint density at radius 3 is 2.89 bits per heavy atom. The average Bonchev–Trinajstić information content (AvgIpc) is 2.87. The number of nitrogens with one attached hydrogen (secondary N) is 1. The van der Waals surface area contributed by atoms with E-state index in [1.807, 2.05) is 30.3 Å². The monoisotopic (exact) mass is 263 g/mol. The van der Waals surface area contributed by atoms with Crippen molar-refractivity contribution in [2.75, 3.05) is 6.61 Å². The highest BCUT2D eigenvalue weighted by molar-refractivity contribution is 7.98. The standard InChI is InChI=1S/C12H13N3O2S/c1-2-17-12(16)11-13-10(14-15-11)8-18-9-6-4-3-5-7-9/h3-7H,2,8H2,1H3,(H,13,14,15). The second kappa shape index (κ2) is 6.20. The van der Waals surface area contributed by atoms with Crippen LogP contribution in [-0.2, 0) is 10.5 Å². The van der Waals surface area contributed by atoms with E-state index in [0.717, 1.165) is 4.90 Å². The van der Waals surface area contributed by atoms with Crippen molar-refractivity contribution in [2.45, 2.75) is 17.6 Å². The molecule has 0 aliphatic rings. The van der Waals surface area contributed by atoms with Crippen LogP contribution in [0.2, 0.25) is 0 Å². The molecule has 2 aromatic rings. The lowest BCUT2D eigenvalue weighted by Gasteiger charge is -1.97. The van der Waals surface area contributed by atoms with Crippen LogP contribution in [0.5, 0.6) is 0 Å². The zero-order chi connectivity index (χ0) is 12.8. The van der Waals surface area contributed by atoms with Crippen molar-refractivity contribution in [1.29, 1.82) is 0 Å². The number of H-pyrrole nitrogens is 1. The zero-order valence-corrected chi connectivity index (χ0v) is 10.7. The molecule has 0 radical (unpaired) electrons. The summed E-state index contributed by atoms with van der Waals surface area (Å²) in [7, 11) is 0. The van der Waals surface area contributed by atoms with Crippen LogP contribution in [0.25, 0.3) is 0 Å². The second-order valence-corrected chi connectivity index (χ2v) is 4.48. The van der Waals surface area contributed by atoms with Gasteiger partial charge >= 0.3 is 5.97 Å². The molecule has 0 spiro atoms. The van der Waals surface area contributed by atoms with E-state index in [-0.39, 0.29) is 5.82 Å². The molecule has 1 aromatic heterocycles. The lowest BCUT2D eigenvalue weighted by Crippen LogP contribution is -2.06. The van der Waals surface area contributed by atoms with Gasteiger partial charge in [-0.05, 0) is 19.1 Å². The number of rotatable bonds is 5. The van der Waals surface area contributed by atoms with Gasteiger partial charge in [0.15, 0.2) is 0 Å². The molecule has 6 heteroatoms. The Morgan fingerprint density at radius 1 is 1.39 bits per heavy atom. The molecule has 0 amide bonds. The van der Waals surface area contributed by atoms with Crippen molar-refractivity contribution >= 4 is 17.7 Å². The number of benzene rings is 1. The average molecular weight is 263 g/mol. The number of aromatic amines is 1. The molecule has 0 unspecified atom stereocenters. The number of ether oxygens (including phenoxy) is 1. The highest BCUT2D eigenvalue weighted by Crippen LogP contribution is 2.20. The number of esters is 1. The van der Waals surface area contributed by atoms with E-state index >= 15 is 0 Å². The molecule has 2 rings (SSSR count). The first-order chi connectivity index (χ1) is 8.79. The quantitative estimate of drug-likeness (QED) is 0.662. The predicted molar refractivity (Wildman–Crippen MR) is 68.3 cm³/mol. The Hall–Kier alpha value is -1.82. The van der Waals surface area contributed by atoms with Gasteiger partial charge in [0.2, 0.25) is 0 Å². The van der Waals surface area contributed by atoms with Crippen LogP contribution >= 0.6 is 11.8 Å². The van der Waals surface area contributed by atoms with Crippen molar-refractivity contribution in [3.63, 3.8) is 0 Å². The van der Waals surface area contributed by atoms with Crippen LogP contribution in [0.4, 0.5) is 0 Å². The Balaban J connectivity index is 1.93. The van der Waals surface area contributed by atoms with Crippen molar-refractivity contribution in [1.82, 2.24) is 15.2 Å². The van der Waals surface area contributed by atoms with Crippen LogP contribution in [0.3, 0.4) is 0 Å². The molecule has 0 bridgehead atoms. The molecule has 1 heterocycles. The first kappa shape index (κ1) is 12.6. The maximum atomic E-state index is 11.4. The molecule has 0 saturated carbocycles. The van der Waals surface area contributed by atoms with E-state index in [4.69, 9.17) is 4.74 Å². The summed E-state index contributed by atoms with van der Waals surface area (Å²) >= 11 is 1.63. The minimum atomic E-state index is -0.496. The Kier molecular flexibility index (Phi) is 4.35. The summed E-state index contributed by atoms with van der Waals surface area (Å²) in [6, 6.07) is 9.97. The lowest BCUT2D eigenvalue weighted by atomic mass is 10.4. The van der Waals surface area contributed by atoms with E-state index in [1.54, 1.807) is 18.7 Å². The molecule has 1 aromatic carbocycles. The minimum absolute atomic E-state index is 0.0838. The smallest absolute Gasteiger partial charge is 0.378 e. The van der Waals surface area contributed by atoms with Crippen molar-refractivity contribution in [3.8, 4) is 0 Å². The van der Waals surface area contributed by atoms with E-state index in [9.17, 15) is 4.79 Å². The molecule has 0 atom stereocenters. The summed E-state index contributed by atoms with van der Waals surface area (Å²) in [6.45, 7) is 2.07. The van der Waals surface area contributed by atoms with Gasteiger partial charge in [0.25, 0.3) is 5.82 Å². The maximum Gasteiger partial charge on any atom is 0.378 e. The summed E-state index contributed by atoms with van der Waals surface area (Å²) < 4.78 is 4.81. The van der Waals surface area contributed by atoms with Crippen LogP contribution in [-0.4, -0.2) is 27.8 Å². The molecule has 0 aliphatic carbocycles. The molecular formula is C12H13N3O2S. The number of carbonyl (C=O) groups excluding carboxylic acids is 1. The van der Waals surface area contributed by atoms with Crippen molar-refractivity contribution in [2.24, 2.45) is 0 Å². The third-order valence-corrected chi connectivity index (χ3v) is 3.13.